The average molecular weight is 261 g/mol. The van der Waals surface area contributed by atoms with Crippen molar-refractivity contribution in [1.29, 1.82) is 0 Å². The molecule has 100 valence electrons. The quantitative estimate of drug-likeness (QED) is 0.836. The third kappa shape index (κ3) is 3.27. The van der Waals surface area contributed by atoms with Gasteiger partial charge < -0.3 is 15.6 Å². The van der Waals surface area contributed by atoms with E-state index >= 15 is 0 Å². The van der Waals surface area contributed by atoms with Crippen LogP contribution in [0.4, 0.5) is 5.69 Å². The Morgan fingerprint density at radius 2 is 2.26 bits per heavy atom. The van der Waals surface area contributed by atoms with Crippen LogP contribution in [0.15, 0.2) is 16.8 Å². The lowest BCUT2D eigenvalue weighted by atomic mass is 10.2. The average Bonchev–Trinajstić information content (AvgIpc) is 2.78. The van der Waals surface area contributed by atoms with Crippen molar-refractivity contribution in [2.24, 2.45) is 0 Å². The van der Waals surface area contributed by atoms with Gasteiger partial charge in [0.05, 0.1) is 23.1 Å². The molecule has 0 spiro atoms. The molecule has 0 fully saturated rings. The molecule has 0 aliphatic rings. The molecule has 0 aliphatic carbocycles. The molecule has 7 heteroatoms. The molecule has 0 bridgehead atoms. The van der Waals surface area contributed by atoms with E-state index in [9.17, 15) is 4.79 Å². The Kier molecular flexibility index (Phi) is 3.74. The normalized spacial score (nSPS) is 10.4. The molecule has 2 aromatic heterocycles. The molecule has 0 saturated carbocycles. The van der Waals surface area contributed by atoms with Gasteiger partial charge in [0.2, 0.25) is 5.89 Å². The summed E-state index contributed by atoms with van der Waals surface area (Å²) in [7, 11) is 0. The van der Waals surface area contributed by atoms with Gasteiger partial charge in [-0.1, -0.05) is 5.16 Å². The maximum absolute atomic E-state index is 11.9. The van der Waals surface area contributed by atoms with Gasteiger partial charge in [0.15, 0.2) is 5.82 Å². The predicted molar refractivity (Wildman–Crippen MR) is 68.5 cm³/mol. The van der Waals surface area contributed by atoms with E-state index in [-0.39, 0.29) is 5.91 Å². The molecular weight excluding hydrogens is 246 g/mol. The van der Waals surface area contributed by atoms with E-state index < -0.39 is 0 Å². The highest BCUT2D eigenvalue weighted by Crippen LogP contribution is 2.09. The van der Waals surface area contributed by atoms with E-state index in [4.69, 9.17) is 10.3 Å². The van der Waals surface area contributed by atoms with Crippen molar-refractivity contribution in [3.8, 4) is 0 Å². The number of pyridine rings is 1. The summed E-state index contributed by atoms with van der Waals surface area (Å²) in [5, 5.41) is 6.52. The van der Waals surface area contributed by atoms with E-state index in [1.54, 1.807) is 19.9 Å². The first-order valence-corrected chi connectivity index (χ1v) is 5.86. The first-order chi connectivity index (χ1) is 9.06. The first kappa shape index (κ1) is 13.0. The molecule has 0 unspecified atom stereocenters. The number of carbonyl (C=O) groups excluding carboxylic acids is 1. The van der Waals surface area contributed by atoms with E-state index in [1.807, 2.05) is 0 Å². The molecule has 2 heterocycles. The van der Waals surface area contributed by atoms with Gasteiger partial charge in [0.1, 0.15) is 0 Å². The van der Waals surface area contributed by atoms with E-state index in [1.165, 1.54) is 6.20 Å². The standard InChI is InChI=1S/C12H15N5O2/c1-7-10(5-9(13)6-15-7)12(18)14-4-3-11-16-8(2)19-17-11/h5-6H,3-4,13H2,1-2H3,(H,14,18). The van der Waals surface area contributed by atoms with Crippen LogP contribution in [0.5, 0.6) is 0 Å². The van der Waals surface area contributed by atoms with Gasteiger partial charge in [-0.2, -0.15) is 4.98 Å². The van der Waals surface area contributed by atoms with Crippen LogP contribution in [0, 0.1) is 13.8 Å². The molecule has 3 N–H and O–H groups in total. The number of aryl methyl sites for hydroxylation is 2. The lowest BCUT2D eigenvalue weighted by Gasteiger charge is -2.06. The molecule has 0 aromatic carbocycles. The number of rotatable bonds is 4. The van der Waals surface area contributed by atoms with Crippen LogP contribution in [-0.2, 0) is 6.42 Å². The minimum absolute atomic E-state index is 0.211. The van der Waals surface area contributed by atoms with E-state index in [0.717, 1.165) is 0 Å². The maximum atomic E-state index is 11.9. The fraction of sp³-hybridized carbons (Fsp3) is 0.333. The molecular formula is C12H15N5O2. The number of nitrogens with two attached hydrogens (primary N) is 1. The van der Waals surface area contributed by atoms with Crippen LogP contribution in [0.1, 0.15) is 27.8 Å². The number of nitrogens with one attached hydrogen (secondary N) is 1. The number of nitrogen functional groups attached to an aromatic ring is 1. The van der Waals surface area contributed by atoms with Gasteiger partial charge in [-0.3, -0.25) is 9.78 Å². The zero-order chi connectivity index (χ0) is 13.8. The van der Waals surface area contributed by atoms with Gasteiger partial charge in [0, 0.05) is 19.9 Å². The molecule has 0 atom stereocenters. The highest BCUT2D eigenvalue weighted by atomic mass is 16.5. The van der Waals surface area contributed by atoms with Crippen LogP contribution < -0.4 is 11.1 Å². The van der Waals surface area contributed by atoms with Gasteiger partial charge in [0.25, 0.3) is 5.91 Å². The first-order valence-electron chi connectivity index (χ1n) is 5.86. The number of hydrogen-bond donors (Lipinski definition) is 2. The second-order valence-corrected chi connectivity index (χ2v) is 4.14. The Labute approximate surface area is 110 Å². The molecule has 0 radical (unpaired) electrons. The monoisotopic (exact) mass is 261 g/mol. The smallest absolute Gasteiger partial charge is 0.253 e. The molecule has 1 amide bonds. The van der Waals surface area contributed by atoms with Gasteiger partial charge in [-0.25, -0.2) is 0 Å². The summed E-state index contributed by atoms with van der Waals surface area (Å²) in [6.45, 7) is 3.90. The van der Waals surface area contributed by atoms with Crippen molar-refractivity contribution in [2.75, 3.05) is 12.3 Å². The Balaban J connectivity index is 1.92. The minimum atomic E-state index is -0.211. The van der Waals surface area contributed by atoms with Crippen LogP contribution in [0.3, 0.4) is 0 Å². The van der Waals surface area contributed by atoms with Gasteiger partial charge >= 0.3 is 0 Å². The van der Waals surface area contributed by atoms with Crippen molar-refractivity contribution in [2.45, 2.75) is 20.3 Å². The highest BCUT2D eigenvalue weighted by molar-refractivity contribution is 5.95. The van der Waals surface area contributed by atoms with Gasteiger partial charge in [-0.05, 0) is 13.0 Å². The Morgan fingerprint density at radius 1 is 1.47 bits per heavy atom. The summed E-state index contributed by atoms with van der Waals surface area (Å²) in [5.41, 5.74) is 7.19. The zero-order valence-electron chi connectivity index (χ0n) is 10.8. The SMILES string of the molecule is Cc1nc(CCNC(=O)c2cc(N)cnc2C)no1. The third-order valence-electron chi connectivity index (χ3n) is 2.56. The molecule has 2 rings (SSSR count). The Morgan fingerprint density at radius 3 is 2.95 bits per heavy atom. The number of anilines is 1. The van der Waals surface area contributed by atoms with Crippen LogP contribution in [-0.4, -0.2) is 27.6 Å². The van der Waals surface area contributed by atoms with Crippen LogP contribution in [0.2, 0.25) is 0 Å². The second kappa shape index (κ2) is 5.47. The Bertz CT molecular complexity index is 594. The predicted octanol–water partition coefficient (Wildman–Crippen LogP) is 0.636. The number of nitrogens with zero attached hydrogens (tertiary/aromatic N) is 3. The van der Waals surface area contributed by atoms with Crippen molar-refractivity contribution in [3.63, 3.8) is 0 Å². The topological polar surface area (TPSA) is 107 Å². The molecule has 0 saturated heterocycles. The van der Waals surface area contributed by atoms with Gasteiger partial charge in [-0.15, -0.1) is 0 Å². The summed E-state index contributed by atoms with van der Waals surface area (Å²) >= 11 is 0. The van der Waals surface area contributed by atoms with Crippen molar-refractivity contribution in [1.82, 2.24) is 20.4 Å². The maximum Gasteiger partial charge on any atom is 0.253 e. The summed E-state index contributed by atoms with van der Waals surface area (Å²) in [4.78, 5) is 20.0. The molecule has 0 aliphatic heterocycles. The van der Waals surface area contributed by atoms with Crippen LogP contribution in [0.25, 0.3) is 0 Å². The van der Waals surface area contributed by atoms with Crippen molar-refractivity contribution < 1.29 is 9.32 Å². The largest absolute Gasteiger partial charge is 0.397 e. The zero-order valence-corrected chi connectivity index (χ0v) is 10.8. The highest BCUT2D eigenvalue weighted by Gasteiger charge is 2.10. The number of hydrogen-bond acceptors (Lipinski definition) is 6. The molecule has 2 aromatic rings. The Hall–Kier alpha value is -2.44. The summed E-state index contributed by atoms with van der Waals surface area (Å²) in [5.74, 6) is 0.870. The summed E-state index contributed by atoms with van der Waals surface area (Å²) in [6.07, 6.45) is 2.03. The number of amides is 1. The molecule has 19 heavy (non-hydrogen) atoms. The fourth-order valence-corrected chi connectivity index (χ4v) is 1.61. The third-order valence-corrected chi connectivity index (χ3v) is 2.56. The van der Waals surface area contributed by atoms with E-state index in [0.29, 0.717) is 41.6 Å². The summed E-state index contributed by atoms with van der Waals surface area (Å²) < 4.78 is 4.84. The number of carbonyl (C=O) groups is 1. The van der Waals surface area contributed by atoms with Crippen molar-refractivity contribution >= 4 is 11.6 Å². The van der Waals surface area contributed by atoms with E-state index in [2.05, 4.69) is 20.4 Å². The van der Waals surface area contributed by atoms with Crippen LogP contribution >= 0.6 is 0 Å². The lowest BCUT2D eigenvalue weighted by molar-refractivity contribution is 0.0953. The summed E-state index contributed by atoms with van der Waals surface area (Å²) in [6, 6.07) is 1.61. The molecule has 7 nitrogen and oxygen atoms in total. The van der Waals surface area contributed by atoms with Crippen molar-refractivity contribution in [3.05, 3.63) is 35.2 Å². The fourth-order valence-electron chi connectivity index (χ4n) is 1.61. The minimum Gasteiger partial charge on any atom is -0.397 e. The lowest BCUT2D eigenvalue weighted by Crippen LogP contribution is -2.27. The second-order valence-electron chi connectivity index (χ2n) is 4.14. The number of aromatic nitrogens is 3.